The van der Waals surface area contributed by atoms with E-state index in [-0.39, 0.29) is 23.9 Å². The van der Waals surface area contributed by atoms with Crippen LogP contribution in [0, 0.1) is 11.3 Å². The van der Waals surface area contributed by atoms with Gasteiger partial charge < -0.3 is 15.2 Å². The summed E-state index contributed by atoms with van der Waals surface area (Å²) in [5.41, 5.74) is 3.54. The zero-order valence-corrected chi connectivity index (χ0v) is 14.7. The fraction of sp³-hybridized carbons (Fsp3) is 0.438. The van der Waals surface area contributed by atoms with E-state index in [9.17, 15) is 13.2 Å². The second-order valence-electron chi connectivity index (χ2n) is 5.90. The molecule has 1 atom stereocenters. The molecule has 140 valence electrons. The first-order chi connectivity index (χ1) is 12.1. The molecular formula is C16H16ClF3N4O2. The summed E-state index contributed by atoms with van der Waals surface area (Å²) in [4.78, 5) is 7.93. The van der Waals surface area contributed by atoms with Crippen molar-refractivity contribution in [3.05, 3.63) is 34.2 Å². The van der Waals surface area contributed by atoms with Crippen molar-refractivity contribution in [1.29, 1.82) is 5.26 Å². The Morgan fingerprint density at radius 1 is 1.58 bits per heavy atom. The lowest BCUT2D eigenvalue weighted by molar-refractivity contribution is -0.138. The zero-order chi connectivity index (χ0) is 19.5. The quantitative estimate of drug-likeness (QED) is 0.631. The summed E-state index contributed by atoms with van der Waals surface area (Å²) in [5, 5.41) is 8.33. The highest BCUT2D eigenvalue weighted by molar-refractivity contribution is 6.30. The van der Waals surface area contributed by atoms with Gasteiger partial charge in [0, 0.05) is 18.0 Å². The van der Waals surface area contributed by atoms with Crippen molar-refractivity contribution in [3.8, 4) is 6.07 Å². The van der Waals surface area contributed by atoms with Crippen molar-refractivity contribution < 1.29 is 22.6 Å². The molecule has 2 rings (SSSR count). The van der Waals surface area contributed by atoms with Crippen LogP contribution in [0.1, 0.15) is 30.7 Å². The van der Waals surface area contributed by atoms with E-state index in [1.54, 1.807) is 13.8 Å². The van der Waals surface area contributed by atoms with Crippen molar-refractivity contribution in [2.45, 2.75) is 31.9 Å². The maximum atomic E-state index is 13.1. The molecule has 1 aromatic rings. The van der Waals surface area contributed by atoms with E-state index in [0.717, 1.165) is 6.20 Å². The summed E-state index contributed by atoms with van der Waals surface area (Å²) in [6, 6.07) is 2.13. The smallest absolute Gasteiger partial charge is 0.404 e. The Kier molecular flexibility index (Phi) is 5.91. The van der Waals surface area contributed by atoms with Crippen LogP contribution in [0.5, 0.6) is 0 Å². The van der Waals surface area contributed by atoms with Crippen LogP contribution in [0.3, 0.4) is 0 Å². The molecule has 0 bridgehead atoms. The molecule has 2 N–H and O–H groups in total. The summed E-state index contributed by atoms with van der Waals surface area (Å²) in [7, 11) is 0. The predicted molar refractivity (Wildman–Crippen MR) is 89.4 cm³/mol. The molecule has 0 radical (unpaired) electrons. The SMILES string of the molecule is CC1(C)OCC(CN=CC(=CN)c2cc(C(F)(F)F)c(C#N)c(Cl)n2)O1. The first-order valence-corrected chi connectivity index (χ1v) is 7.87. The molecule has 0 aliphatic carbocycles. The summed E-state index contributed by atoms with van der Waals surface area (Å²) >= 11 is 5.73. The second-order valence-corrected chi connectivity index (χ2v) is 6.26. The molecule has 1 fully saturated rings. The number of pyridine rings is 1. The van der Waals surface area contributed by atoms with Crippen LogP contribution in [0.2, 0.25) is 5.15 Å². The molecule has 1 saturated heterocycles. The third-order valence-corrected chi connectivity index (χ3v) is 3.75. The molecule has 26 heavy (non-hydrogen) atoms. The molecule has 6 nitrogen and oxygen atoms in total. The lowest BCUT2D eigenvalue weighted by Crippen LogP contribution is -2.22. The first kappa shape index (κ1) is 20.2. The number of nitriles is 1. The number of ether oxygens (including phenoxy) is 2. The highest BCUT2D eigenvalue weighted by atomic mass is 35.5. The third-order valence-electron chi connectivity index (χ3n) is 3.47. The highest BCUT2D eigenvalue weighted by Crippen LogP contribution is 2.35. The van der Waals surface area contributed by atoms with Crippen molar-refractivity contribution in [2.24, 2.45) is 10.7 Å². The van der Waals surface area contributed by atoms with Crippen molar-refractivity contribution in [1.82, 2.24) is 4.98 Å². The van der Waals surface area contributed by atoms with E-state index in [0.29, 0.717) is 12.7 Å². The molecule has 1 aromatic heterocycles. The van der Waals surface area contributed by atoms with E-state index in [4.69, 9.17) is 32.1 Å². The lowest BCUT2D eigenvalue weighted by atomic mass is 10.1. The molecule has 0 aromatic carbocycles. The van der Waals surface area contributed by atoms with Gasteiger partial charge in [-0.1, -0.05) is 11.6 Å². The summed E-state index contributed by atoms with van der Waals surface area (Å²) in [6.07, 6.45) is -2.70. The largest absolute Gasteiger partial charge is 0.417 e. The molecule has 1 aliphatic rings. The van der Waals surface area contributed by atoms with Gasteiger partial charge in [0.2, 0.25) is 0 Å². The molecule has 1 unspecified atom stereocenters. The Labute approximate surface area is 153 Å². The normalized spacial score (nSPS) is 20.5. The highest BCUT2D eigenvalue weighted by Gasteiger charge is 2.36. The molecule has 0 spiro atoms. The fourth-order valence-electron chi connectivity index (χ4n) is 2.31. The molecule has 0 saturated carbocycles. The van der Waals surface area contributed by atoms with Crippen molar-refractivity contribution in [3.63, 3.8) is 0 Å². The van der Waals surface area contributed by atoms with E-state index in [2.05, 4.69) is 9.98 Å². The second kappa shape index (κ2) is 7.61. The van der Waals surface area contributed by atoms with Gasteiger partial charge >= 0.3 is 6.18 Å². The van der Waals surface area contributed by atoms with Crippen molar-refractivity contribution in [2.75, 3.05) is 13.2 Å². The van der Waals surface area contributed by atoms with Crippen LogP contribution in [-0.2, 0) is 15.7 Å². The van der Waals surface area contributed by atoms with E-state index in [1.165, 1.54) is 12.3 Å². The minimum Gasteiger partial charge on any atom is -0.404 e. The summed E-state index contributed by atoms with van der Waals surface area (Å²) in [6.45, 7) is 4.12. The number of halogens is 4. The zero-order valence-electron chi connectivity index (χ0n) is 14.0. The summed E-state index contributed by atoms with van der Waals surface area (Å²) in [5.74, 6) is -0.698. The number of nitrogens with two attached hydrogens (primary N) is 1. The lowest BCUT2D eigenvalue weighted by Gasteiger charge is -2.16. The predicted octanol–water partition coefficient (Wildman–Crippen LogP) is 3.15. The van der Waals surface area contributed by atoms with Crippen LogP contribution in [-0.4, -0.2) is 36.2 Å². The molecular weight excluding hydrogens is 373 g/mol. The fourth-order valence-corrected chi connectivity index (χ4v) is 2.54. The Morgan fingerprint density at radius 2 is 2.27 bits per heavy atom. The number of hydrogen-bond acceptors (Lipinski definition) is 6. The Morgan fingerprint density at radius 3 is 2.77 bits per heavy atom. The molecule has 2 heterocycles. The number of allylic oxidation sites excluding steroid dienone is 1. The first-order valence-electron chi connectivity index (χ1n) is 7.49. The Balaban J connectivity index is 2.24. The van der Waals surface area contributed by atoms with Gasteiger partial charge in [0.25, 0.3) is 0 Å². The topological polar surface area (TPSA) is 93.5 Å². The van der Waals surface area contributed by atoms with Crippen LogP contribution in [0.25, 0.3) is 5.57 Å². The maximum absolute atomic E-state index is 13.1. The van der Waals surface area contributed by atoms with E-state index < -0.39 is 28.2 Å². The molecule has 10 heteroatoms. The average molecular weight is 389 g/mol. The number of nitrogens with zero attached hydrogens (tertiary/aromatic N) is 3. The monoisotopic (exact) mass is 388 g/mol. The minimum absolute atomic E-state index is 0.125. The molecule has 0 amide bonds. The minimum atomic E-state index is -4.76. The van der Waals surface area contributed by atoms with Crippen LogP contribution >= 0.6 is 11.6 Å². The van der Waals surface area contributed by atoms with Gasteiger partial charge in [-0.25, -0.2) is 4.98 Å². The van der Waals surface area contributed by atoms with Crippen LogP contribution in [0.4, 0.5) is 13.2 Å². The maximum Gasteiger partial charge on any atom is 0.417 e. The van der Waals surface area contributed by atoms with Gasteiger partial charge in [0.1, 0.15) is 22.9 Å². The number of alkyl halides is 3. The van der Waals surface area contributed by atoms with Crippen LogP contribution in [0.15, 0.2) is 17.3 Å². The number of rotatable bonds is 4. The van der Waals surface area contributed by atoms with Crippen molar-refractivity contribution >= 4 is 23.4 Å². The van der Waals surface area contributed by atoms with Gasteiger partial charge in [0.05, 0.1) is 24.4 Å². The van der Waals surface area contributed by atoms with Gasteiger partial charge in [0.15, 0.2) is 5.79 Å². The number of aromatic nitrogens is 1. The van der Waals surface area contributed by atoms with Gasteiger partial charge in [-0.15, -0.1) is 0 Å². The average Bonchev–Trinajstić information content (AvgIpc) is 2.89. The van der Waals surface area contributed by atoms with Gasteiger partial charge in [-0.3, -0.25) is 4.99 Å². The standard InChI is InChI=1S/C16H16ClF3N4O2/c1-15(2)25-8-10(26-15)7-23-6-9(4-21)13-3-12(16(18,19)20)11(5-22)14(17)24-13/h3-4,6,10H,7-8,21H2,1-2H3. The van der Waals surface area contributed by atoms with Crippen LogP contribution < -0.4 is 5.73 Å². The van der Waals surface area contributed by atoms with E-state index >= 15 is 0 Å². The Hall–Kier alpha value is -2.15. The number of hydrogen-bond donors (Lipinski definition) is 1. The molecule has 1 aliphatic heterocycles. The van der Waals surface area contributed by atoms with Gasteiger partial charge in [-0.2, -0.15) is 18.4 Å². The summed E-state index contributed by atoms with van der Waals surface area (Å²) < 4.78 is 50.4. The van der Waals surface area contributed by atoms with Gasteiger partial charge in [-0.05, 0) is 19.9 Å². The number of aliphatic imine (C=N–C) groups is 1. The third kappa shape index (κ3) is 4.72. The van der Waals surface area contributed by atoms with E-state index in [1.807, 2.05) is 0 Å². The Bertz CT molecular complexity index is 785.